The van der Waals surface area contributed by atoms with Crippen LogP contribution in [0.5, 0.6) is 0 Å². The van der Waals surface area contributed by atoms with Gasteiger partial charge in [0.25, 0.3) is 0 Å². The Morgan fingerprint density at radius 1 is 1.24 bits per heavy atom. The number of quaternary nitrogens is 1. The van der Waals surface area contributed by atoms with Crippen molar-refractivity contribution in [3.8, 4) is 0 Å². The van der Waals surface area contributed by atoms with Crippen LogP contribution in [0.3, 0.4) is 0 Å². The fourth-order valence-corrected chi connectivity index (χ4v) is 3.95. The molecule has 110 valence electrons. The molecule has 2 fully saturated rings. The average Bonchev–Trinajstić information content (AvgIpc) is 3.04. The van der Waals surface area contributed by atoms with Crippen molar-refractivity contribution in [2.45, 2.75) is 24.5 Å². The van der Waals surface area contributed by atoms with Gasteiger partial charge in [-0.25, -0.2) is 0 Å². The van der Waals surface area contributed by atoms with Crippen LogP contribution in [0.25, 0.3) is 0 Å². The molecule has 3 aliphatic heterocycles. The van der Waals surface area contributed by atoms with Crippen molar-refractivity contribution in [2.24, 2.45) is 5.10 Å². The van der Waals surface area contributed by atoms with Crippen molar-refractivity contribution in [1.29, 1.82) is 0 Å². The molecule has 1 aromatic rings. The van der Waals surface area contributed by atoms with E-state index < -0.39 is 0 Å². The standard InChI is InChI=1S/C17H23N4/c1-21(2)12-14-10-15(21)11-20(14)17-9-8-16(18-19-17)13-6-4-3-5-7-13/h3-9,14-16,18H,10-12H2,1-2H3/q+1/t14?,15-,16?/m0/s1. The van der Waals surface area contributed by atoms with Crippen molar-refractivity contribution in [3.63, 3.8) is 0 Å². The highest BCUT2D eigenvalue weighted by atomic mass is 15.5. The number of hydrazone groups is 1. The molecule has 2 saturated heterocycles. The molecule has 0 aliphatic carbocycles. The number of rotatable bonds is 1. The Kier molecular flexibility index (Phi) is 2.82. The lowest BCUT2D eigenvalue weighted by atomic mass is 10.1. The van der Waals surface area contributed by atoms with Gasteiger partial charge in [0.15, 0.2) is 0 Å². The molecule has 4 nitrogen and oxygen atoms in total. The number of hydrogen-bond acceptors (Lipinski definition) is 3. The first-order chi connectivity index (χ1) is 10.1. The molecule has 0 saturated carbocycles. The van der Waals surface area contributed by atoms with Crippen LogP contribution in [0.4, 0.5) is 0 Å². The van der Waals surface area contributed by atoms with Gasteiger partial charge in [0.05, 0.1) is 39.3 Å². The third-order valence-electron chi connectivity index (χ3n) is 5.27. The number of piperazine rings is 1. The smallest absolute Gasteiger partial charge is 0.148 e. The molecule has 1 aromatic carbocycles. The van der Waals surface area contributed by atoms with Gasteiger partial charge in [0.1, 0.15) is 11.9 Å². The predicted octanol–water partition coefficient (Wildman–Crippen LogP) is 1.73. The molecule has 3 aliphatic rings. The Balaban J connectivity index is 1.46. The summed E-state index contributed by atoms with van der Waals surface area (Å²) in [7, 11) is 4.70. The largest absolute Gasteiger partial charge is 0.340 e. The van der Waals surface area contributed by atoms with Gasteiger partial charge >= 0.3 is 0 Å². The van der Waals surface area contributed by atoms with Crippen molar-refractivity contribution < 1.29 is 4.48 Å². The molecule has 0 amide bonds. The molecule has 2 unspecified atom stereocenters. The fourth-order valence-electron chi connectivity index (χ4n) is 3.95. The third-order valence-corrected chi connectivity index (χ3v) is 5.27. The van der Waals surface area contributed by atoms with Gasteiger partial charge in [-0.1, -0.05) is 36.4 Å². The zero-order chi connectivity index (χ0) is 14.4. The SMILES string of the molecule is C[N+]1(C)CC2C[C@H]1CN2C1=NNC(c2ccccc2)C=C1. The van der Waals surface area contributed by atoms with Crippen LogP contribution in [0.2, 0.25) is 0 Å². The maximum Gasteiger partial charge on any atom is 0.148 e. The Bertz CT molecular complexity index is 590. The molecule has 2 bridgehead atoms. The number of likely N-dealkylation sites (tertiary alicyclic amines) is 2. The minimum Gasteiger partial charge on any atom is -0.340 e. The van der Waals surface area contributed by atoms with E-state index in [1.54, 1.807) is 0 Å². The zero-order valence-corrected chi connectivity index (χ0v) is 12.7. The molecule has 0 spiro atoms. The summed E-state index contributed by atoms with van der Waals surface area (Å²) >= 11 is 0. The summed E-state index contributed by atoms with van der Waals surface area (Å²) in [6.07, 6.45) is 5.72. The van der Waals surface area contributed by atoms with Crippen LogP contribution in [-0.4, -0.2) is 54.5 Å². The van der Waals surface area contributed by atoms with E-state index in [-0.39, 0.29) is 6.04 Å². The Hall–Kier alpha value is -1.81. The molecule has 0 radical (unpaired) electrons. The lowest BCUT2D eigenvalue weighted by molar-refractivity contribution is -0.906. The van der Waals surface area contributed by atoms with Gasteiger partial charge in [-0.15, -0.1) is 0 Å². The number of likely N-dealkylation sites (N-methyl/N-ethyl adjacent to an activating group) is 1. The Morgan fingerprint density at radius 2 is 2.05 bits per heavy atom. The molecular weight excluding hydrogens is 260 g/mol. The Morgan fingerprint density at radius 3 is 2.62 bits per heavy atom. The maximum absolute atomic E-state index is 4.63. The van der Waals surface area contributed by atoms with Crippen LogP contribution in [-0.2, 0) is 0 Å². The summed E-state index contributed by atoms with van der Waals surface area (Å²) in [5, 5.41) is 4.63. The molecule has 1 N–H and O–H groups in total. The highest BCUT2D eigenvalue weighted by molar-refractivity contribution is 5.94. The summed E-state index contributed by atoms with van der Waals surface area (Å²) in [4.78, 5) is 2.48. The molecule has 21 heavy (non-hydrogen) atoms. The monoisotopic (exact) mass is 283 g/mol. The van der Waals surface area contributed by atoms with Gasteiger partial charge in [0.2, 0.25) is 0 Å². The van der Waals surface area contributed by atoms with E-state index in [9.17, 15) is 0 Å². The van der Waals surface area contributed by atoms with Gasteiger partial charge < -0.3 is 9.38 Å². The minimum atomic E-state index is 0.196. The first-order valence-corrected chi connectivity index (χ1v) is 7.79. The first kappa shape index (κ1) is 12.9. The Labute approximate surface area is 126 Å². The van der Waals surface area contributed by atoms with E-state index in [0.717, 1.165) is 22.9 Å². The second-order valence-electron chi connectivity index (χ2n) is 7.00. The van der Waals surface area contributed by atoms with Crippen molar-refractivity contribution in [1.82, 2.24) is 10.3 Å². The quantitative estimate of drug-likeness (QED) is 0.795. The van der Waals surface area contributed by atoms with Crippen molar-refractivity contribution in [2.75, 3.05) is 27.2 Å². The van der Waals surface area contributed by atoms with Crippen LogP contribution in [0.1, 0.15) is 18.0 Å². The van der Waals surface area contributed by atoms with Crippen molar-refractivity contribution in [3.05, 3.63) is 48.0 Å². The summed E-state index contributed by atoms with van der Waals surface area (Å²) in [5.74, 6) is 1.11. The van der Waals surface area contributed by atoms with Crippen LogP contribution in [0.15, 0.2) is 47.6 Å². The highest BCUT2D eigenvalue weighted by Gasteiger charge is 2.51. The summed E-state index contributed by atoms with van der Waals surface area (Å²) < 4.78 is 1.16. The molecule has 3 atom stereocenters. The predicted molar refractivity (Wildman–Crippen MR) is 84.8 cm³/mol. The maximum atomic E-state index is 4.63. The normalized spacial score (nSPS) is 33.0. The van der Waals surface area contributed by atoms with Gasteiger partial charge in [-0.2, -0.15) is 5.10 Å². The van der Waals surface area contributed by atoms with E-state index in [2.05, 4.69) is 65.9 Å². The number of nitrogens with zero attached hydrogens (tertiary/aromatic N) is 3. The molecule has 4 heteroatoms. The number of nitrogens with one attached hydrogen (secondary N) is 1. The highest BCUT2D eigenvalue weighted by Crippen LogP contribution is 2.34. The lowest BCUT2D eigenvalue weighted by Gasteiger charge is -2.39. The van der Waals surface area contributed by atoms with Crippen LogP contribution >= 0.6 is 0 Å². The second-order valence-corrected chi connectivity index (χ2v) is 7.00. The molecule has 3 heterocycles. The van der Waals surface area contributed by atoms with E-state index in [4.69, 9.17) is 0 Å². The lowest BCUT2D eigenvalue weighted by Crippen LogP contribution is -2.56. The van der Waals surface area contributed by atoms with Gasteiger partial charge in [-0.05, 0) is 11.6 Å². The zero-order valence-electron chi connectivity index (χ0n) is 12.7. The van der Waals surface area contributed by atoms with E-state index >= 15 is 0 Å². The van der Waals surface area contributed by atoms with Crippen LogP contribution in [0, 0.1) is 0 Å². The first-order valence-electron chi connectivity index (χ1n) is 7.79. The average molecular weight is 283 g/mol. The summed E-state index contributed by atoms with van der Waals surface area (Å²) in [6, 6.07) is 12.1. The number of hydrogen-bond donors (Lipinski definition) is 1. The topological polar surface area (TPSA) is 27.6 Å². The van der Waals surface area contributed by atoms with E-state index in [1.807, 2.05) is 6.07 Å². The molecular formula is C17H23N4+. The fraction of sp³-hybridized carbons (Fsp3) is 0.471. The minimum absolute atomic E-state index is 0.196. The van der Waals surface area contributed by atoms with Crippen molar-refractivity contribution >= 4 is 5.84 Å². The second kappa shape index (κ2) is 4.60. The van der Waals surface area contributed by atoms with Gasteiger partial charge in [0, 0.05) is 6.42 Å². The van der Waals surface area contributed by atoms with Gasteiger partial charge in [-0.3, -0.25) is 5.43 Å². The number of fused-ring (bicyclic) bond motifs is 2. The number of benzene rings is 1. The molecule has 0 aromatic heterocycles. The number of amidine groups is 1. The summed E-state index contributed by atoms with van der Waals surface area (Å²) in [5.41, 5.74) is 4.56. The summed E-state index contributed by atoms with van der Waals surface area (Å²) in [6.45, 7) is 2.37. The third kappa shape index (κ3) is 2.14. The van der Waals surface area contributed by atoms with Crippen LogP contribution < -0.4 is 5.43 Å². The van der Waals surface area contributed by atoms with E-state index in [0.29, 0.717) is 6.04 Å². The van der Waals surface area contributed by atoms with E-state index in [1.165, 1.54) is 18.5 Å². The molecule has 4 rings (SSSR count).